The third-order valence-electron chi connectivity index (χ3n) is 4.12. The largest absolute Gasteiger partial charge is 0.496 e. The first-order chi connectivity index (χ1) is 13.0. The first-order valence-electron chi connectivity index (χ1n) is 8.93. The Morgan fingerprint density at radius 1 is 1.22 bits per heavy atom. The van der Waals surface area contributed by atoms with Crippen LogP contribution in [0.25, 0.3) is 0 Å². The predicted molar refractivity (Wildman–Crippen MR) is 107 cm³/mol. The molecule has 27 heavy (non-hydrogen) atoms. The zero-order valence-electron chi connectivity index (χ0n) is 16.0. The molecule has 0 amide bonds. The van der Waals surface area contributed by atoms with Crippen molar-refractivity contribution in [3.63, 3.8) is 0 Å². The van der Waals surface area contributed by atoms with Crippen molar-refractivity contribution in [1.82, 2.24) is 10.6 Å². The van der Waals surface area contributed by atoms with Gasteiger partial charge in [0.2, 0.25) is 0 Å². The van der Waals surface area contributed by atoms with Crippen molar-refractivity contribution >= 4 is 11.6 Å². The Morgan fingerprint density at radius 3 is 2.70 bits per heavy atom. The summed E-state index contributed by atoms with van der Waals surface area (Å²) in [5, 5.41) is 17.5. The van der Waals surface area contributed by atoms with Gasteiger partial charge in [0.25, 0.3) is 5.69 Å². The molecule has 0 spiro atoms. The standard InChI is InChI=1S/C20H26N4O3/c1-4-21-20(23-14-17-7-5-6-8-18(17)24(25)26)22-12-11-16-10-9-15(2)19(13-16)27-3/h5-10,13H,4,11-12,14H2,1-3H3,(H2,21,22,23). The summed E-state index contributed by atoms with van der Waals surface area (Å²) in [6, 6.07) is 12.8. The average molecular weight is 370 g/mol. The molecule has 0 fully saturated rings. The molecule has 2 aromatic rings. The van der Waals surface area contributed by atoms with E-state index < -0.39 is 0 Å². The van der Waals surface area contributed by atoms with E-state index in [-0.39, 0.29) is 17.2 Å². The lowest BCUT2D eigenvalue weighted by molar-refractivity contribution is -0.385. The lowest BCUT2D eigenvalue weighted by Crippen LogP contribution is -2.38. The Morgan fingerprint density at radius 2 is 2.00 bits per heavy atom. The number of ether oxygens (including phenoxy) is 1. The number of benzene rings is 2. The highest BCUT2D eigenvalue weighted by molar-refractivity contribution is 5.79. The van der Waals surface area contributed by atoms with Gasteiger partial charge in [0.1, 0.15) is 5.75 Å². The Labute approximate surface area is 159 Å². The fourth-order valence-electron chi connectivity index (χ4n) is 2.67. The van der Waals surface area contributed by atoms with Gasteiger partial charge in [0.05, 0.1) is 24.1 Å². The molecular formula is C20H26N4O3. The van der Waals surface area contributed by atoms with Crippen LogP contribution < -0.4 is 15.4 Å². The number of rotatable bonds is 8. The van der Waals surface area contributed by atoms with Crippen molar-refractivity contribution < 1.29 is 9.66 Å². The molecule has 0 saturated carbocycles. The van der Waals surface area contributed by atoms with E-state index in [1.165, 1.54) is 11.6 Å². The summed E-state index contributed by atoms with van der Waals surface area (Å²) < 4.78 is 5.36. The number of methoxy groups -OCH3 is 1. The molecule has 0 saturated heterocycles. The van der Waals surface area contributed by atoms with Gasteiger partial charge >= 0.3 is 0 Å². The van der Waals surface area contributed by atoms with E-state index in [2.05, 4.69) is 21.7 Å². The third-order valence-corrected chi connectivity index (χ3v) is 4.12. The molecule has 0 radical (unpaired) electrons. The number of nitrogens with one attached hydrogen (secondary N) is 2. The highest BCUT2D eigenvalue weighted by Gasteiger charge is 2.11. The van der Waals surface area contributed by atoms with Gasteiger partial charge in [-0.3, -0.25) is 10.1 Å². The second-order valence-corrected chi connectivity index (χ2v) is 6.06. The maximum Gasteiger partial charge on any atom is 0.274 e. The molecule has 2 N–H and O–H groups in total. The normalized spacial score (nSPS) is 11.1. The van der Waals surface area contributed by atoms with Crippen LogP contribution in [0.15, 0.2) is 47.5 Å². The molecule has 7 nitrogen and oxygen atoms in total. The van der Waals surface area contributed by atoms with Crippen LogP contribution in [0.4, 0.5) is 5.69 Å². The van der Waals surface area contributed by atoms with Gasteiger partial charge < -0.3 is 15.4 Å². The number of aliphatic imine (C=N–C) groups is 1. The minimum absolute atomic E-state index is 0.0869. The van der Waals surface area contributed by atoms with Crippen LogP contribution in [-0.2, 0) is 13.0 Å². The van der Waals surface area contributed by atoms with Crippen molar-refractivity contribution in [2.24, 2.45) is 4.99 Å². The molecular weight excluding hydrogens is 344 g/mol. The van der Waals surface area contributed by atoms with E-state index in [0.29, 0.717) is 24.6 Å². The zero-order chi connectivity index (χ0) is 19.6. The number of para-hydroxylation sites is 1. The van der Waals surface area contributed by atoms with Crippen LogP contribution in [0.5, 0.6) is 5.75 Å². The van der Waals surface area contributed by atoms with Crippen LogP contribution in [0.3, 0.4) is 0 Å². The van der Waals surface area contributed by atoms with Gasteiger partial charge in [0.15, 0.2) is 5.96 Å². The van der Waals surface area contributed by atoms with Crippen molar-refractivity contribution in [3.05, 3.63) is 69.3 Å². The minimum Gasteiger partial charge on any atom is -0.496 e. The van der Waals surface area contributed by atoms with Crippen LogP contribution in [0, 0.1) is 17.0 Å². The molecule has 144 valence electrons. The molecule has 0 bridgehead atoms. The number of hydrogen-bond acceptors (Lipinski definition) is 4. The van der Waals surface area contributed by atoms with E-state index in [1.54, 1.807) is 25.3 Å². The Kier molecular flexibility index (Phi) is 7.61. The second-order valence-electron chi connectivity index (χ2n) is 6.06. The van der Waals surface area contributed by atoms with Crippen LogP contribution >= 0.6 is 0 Å². The Balaban J connectivity index is 1.99. The average Bonchev–Trinajstić information content (AvgIpc) is 2.67. The van der Waals surface area contributed by atoms with Gasteiger partial charge in [-0.2, -0.15) is 0 Å². The van der Waals surface area contributed by atoms with E-state index in [0.717, 1.165) is 17.7 Å². The topological polar surface area (TPSA) is 88.8 Å². The van der Waals surface area contributed by atoms with Crippen molar-refractivity contribution in [1.29, 1.82) is 0 Å². The Hall–Kier alpha value is -3.09. The van der Waals surface area contributed by atoms with E-state index in [9.17, 15) is 10.1 Å². The van der Waals surface area contributed by atoms with E-state index in [4.69, 9.17) is 4.74 Å². The molecule has 2 aromatic carbocycles. The number of guanidine groups is 1. The third kappa shape index (κ3) is 5.99. The summed E-state index contributed by atoms with van der Waals surface area (Å²) in [6.07, 6.45) is 0.812. The minimum atomic E-state index is -0.379. The first-order valence-corrected chi connectivity index (χ1v) is 8.93. The molecule has 0 aliphatic heterocycles. The summed E-state index contributed by atoms with van der Waals surface area (Å²) in [4.78, 5) is 15.2. The number of nitro benzene ring substituents is 1. The molecule has 0 aliphatic rings. The van der Waals surface area contributed by atoms with Crippen molar-refractivity contribution in [2.75, 3.05) is 20.2 Å². The zero-order valence-corrected chi connectivity index (χ0v) is 16.0. The fourth-order valence-corrected chi connectivity index (χ4v) is 2.67. The molecule has 0 unspecified atom stereocenters. The molecule has 0 aromatic heterocycles. The van der Waals surface area contributed by atoms with Crippen LogP contribution in [0.1, 0.15) is 23.6 Å². The molecule has 7 heteroatoms. The predicted octanol–water partition coefficient (Wildman–Crippen LogP) is 3.21. The number of nitro groups is 1. The highest BCUT2D eigenvalue weighted by Crippen LogP contribution is 2.19. The monoisotopic (exact) mass is 370 g/mol. The molecule has 0 atom stereocenters. The number of nitrogens with zero attached hydrogens (tertiary/aromatic N) is 2. The lowest BCUT2D eigenvalue weighted by atomic mass is 10.1. The smallest absolute Gasteiger partial charge is 0.274 e. The van der Waals surface area contributed by atoms with Gasteiger partial charge in [-0.15, -0.1) is 0 Å². The SMILES string of the molecule is CCNC(=NCc1ccccc1[N+](=O)[O-])NCCc1ccc(C)c(OC)c1. The van der Waals surface area contributed by atoms with E-state index >= 15 is 0 Å². The molecule has 2 rings (SSSR count). The van der Waals surface area contributed by atoms with Crippen LogP contribution in [-0.4, -0.2) is 31.1 Å². The van der Waals surface area contributed by atoms with Gasteiger partial charge in [-0.1, -0.05) is 30.3 Å². The van der Waals surface area contributed by atoms with Gasteiger partial charge in [-0.05, 0) is 37.5 Å². The van der Waals surface area contributed by atoms with Gasteiger partial charge in [-0.25, -0.2) is 4.99 Å². The van der Waals surface area contributed by atoms with Crippen molar-refractivity contribution in [3.8, 4) is 5.75 Å². The quantitative estimate of drug-likeness (QED) is 0.322. The Bertz CT molecular complexity index is 806. The van der Waals surface area contributed by atoms with Crippen molar-refractivity contribution in [2.45, 2.75) is 26.8 Å². The summed E-state index contributed by atoms with van der Waals surface area (Å²) in [7, 11) is 1.67. The summed E-state index contributed by atoms with van der Waals surface area (Å²) in [5.74, 6) is 1.51. The first kappa shape index (κ1) is 20.2. The lowest BCUT2D eigenvalue weighted by Gasteiger charge is -2.12. The second kappa shape index (κ2) is 10.2. The summed E-state index contributed by atoms with van der Waals surface area (Å²) in [5.41, 5.74) is 2.94. The molecule has 0 heterocycles. The summed E-state index contributed by atoms with van der Waals surface area (Å²) in [6.45, 7) is 5.63. The van der Waals surface area contributed by atoms with Crippen LogP contribution in [0.2, 0.25) is 0 Å². The molecule has 0 aliphatic carbocycles. The van der Waals surface area contributed by atoms with E-state index in [1.807, 2.05) is 26.0 Å². The van der Waals surface area contributed by atoms with Gasteiger partial charge in [0, 0.05) is 19.2 Å². The number of hydrogen-bond donors (Lipinski definition) is 2. The summed E-state index contributed by atoms with van der Waals surface area (Å²) >= 11 is 0. The highest BCUT2D eigenvalue weighted by atomic mass is 16.6. The maximum absolute atomic E-state index is 11.1. The maximum atomic E-state index is 11.1. The fraction of sp³-hybridized carbons (Fsp3) is 0.350. The number of aryl methyl sites for hydroxylation is 1.